The molecule has 1 aliphatic heterocycles. The molecule has 2 rings (SSSR count). The molecule has 0 N–H and O–H groups in total. The maximum absolute atomic E-state index is 2.91. The molecule has 2 fully saturated rings. The molecule has 0 amide bonds. The van der Waals surface area contributed by atoms with Gasteiger partial charge in [0.05, 0.1) is 0 Å². The van der Waals surface area contributed by atoms with Crippen molar-refractivity contribution in [2.24, 2.45) is 5.41 Å². The molecular formula is C23H45N. The summed E-state index contributed by atoms with van der Waals surface area (Å²) in [6.45, 7) is 7.47. The van der Waals surface area contributed by atoms with Gasteiger partial charge in [0.25, 0.3) is 0 Å². The Kier molecular flexibility index (Phi) is 9.76. The van der Waals surface area contributed by atoms with E-state index in [0.717, 1.165) is 11.5 Å². The Balaban J connectivity index is 1.69. The standard InChI is InChI=1S/C23H45N/c1-3-5-7-9-11-14-22(15-12-10-8-6-4-2)24-20-18-23(19-21-24)16-13-17-23/h22H,3-21H2,1-2H3. The Morgan fingerprint density at radius 3 is 1.58 bits per heavy atom. The zero-order valence-corrected chi connectivity index (χ0v) is 17.0. The Bertz CT molecular complexity index is 283. The van der Waals surface area contributed by atoms with Crippen LogP contribution in [0.2, 0.25) is 0 Å². The lowest BCUT2D eigenvalue weighted by Gasteiger charge is -2.49. The molecule has 1 spiro atoms. The van der Waals surface area contributed by atoms with Gasteiger partial charge in [-0.3, -0.25) is 0 Å². The first kappa shape index (κ1) is 20.3. The molecule has 0 radical (unpaired) electrons. The molecule has 1 heteroatoms. The summed E-state index contributed by atoms with van der Waals surface area (Å²) >= 11 is 0. The van der Waals surface area contributed by atoms with Gasteiger partial charge in [0.1, 0.15) is 0 Å². The summed E-state index contributed by atoms with van der Waals surface area (Å²) in [6, 6.07) is 0.908. The van der Waals surface area contributed by atoms with Crippen LogP contribution in [0.5, 0.6) is 0 Å². The molecule has 0 aromatic carbocycles. The lowest BCUT2D eigenvalue weighted by molar-refractivity contribution is 0.0118. The second kappa shape index (κ2) is 11.6. The van der Waals surface area contributed by atoms with Gasteiger partial charge in [-0.2, -0.15) is 0 Å². The van der Waals surface area contributed by atoms with E-state index in [-0.39, 0.29) is 0 Å². The number of likely N-dealkylation sites (tertiary alicyclic amines) is 1. The summed E-state index contributed by atoms with van der Waals surface area (Å²) < 4.78 is 0. The summed E-state index contributed by atoms with van der Waals surface area (Å²) in [4.78, 5) is 2.91. The van der Waals surface area contributed by atoms with Crippen molar-refractivity contribution in [2.45, 2.75) is 129 Å². The third-order valence-electron chi connectivity index (χ3n) is 7.07. The fourth-order valence-corrected chi connectivity index (χ4v) is 5.02. The summed E-state index contributed by atoms with van der Waals surface area (Å²) in [5.41, 5.74) is 0.809. The van der Waals surface area contributed by atoms with Crippen LogP contribution >= 0.6 is 0 Å². The molecule has 1 nitrogen and oxygen atoms in total. The second-order valence-electron chi connectivity index (χ2n) is 8.95. The molecule has 0 bridgehead atoms. The first-order valence-electron chi connectivity index (χ1n) is 11.5. The van der Waals surface area contributed by atoms with Crippen molar-refractivity contribution in [1.29, 1.82) is 0 Å². The van der Waals surface area contributed by atoms with Crippen LogP contribution in [0.25, 0.3) is 0 Å². The molecule has 1 heterocycles. The van der Waals surface area contributed by atoms with E-state index < -0.39 is 0 Å². The first-order valence-corrected chi connectivity index (χ1v) is 11.5. The molecular weight excluding hydrogens is 290 g/mol. The highest BCUT2D eigenvalue weighted by atomic mass is 15.2. The number of hydrogen-bond acceptors (Lipinski definition) is 1. The summed E-state index contributed by atoms with van der Waals surface area (Å²) in [6.07, 6.45) is 25.0. The van der Waals surface area contributed by atoms with Crippen molar-refractivity contribution in [2.75, 3.05) is 13.1 Å². The predicted molar refractivity (Wildman–Crippen MR) is 108 cm³/mol. The fraction of sp³-hybridized carbons (Fsp3) is 1.00. The Hall–Kier alpha value is -0.0400. The van der Waals surface area contributed by atoms with Gasteiger partial charge in [-0.1, -0.05) is 84.5 Å². The number of rotatable bonds is 13. The maximum atomic E-state index is 2.91. The average Bonchev–Trinajstić information content (AvgIpc) is 2.58. The average molecular weight is 336 g/mol. The molecule has 1 saturated heterocycles. The lowest BCUT2D eigenvalue weighted by Crippen LogP contribution is -2.47. The van der Waals surface area contributed by atoms with Crippen LogP contribution in [0.3, 0.4) is 0 Å². The first-order chi connectivity index (χ1) is 11.8. The van der Waals surface area contributed by atoms with Crippen molar-refractivity contribution >= 4 is 0 Å². The highest BCUT2D eigenvalue weighted by Crippen LogP contribution is 2.49. The van der Waals surface area contributed by atoms with E-state index in [1.54, 1.807) is 12.8 Å². The van der Waals surface area contributed by atoms with E-state index in [1.165, 1.54) is 109 Å². The van der Waals surface area contributed by atoms with E-state index in [0.29, 0.717) is 0 Å². The van der Waals surface area contributed by atoms with Crippen molar-refractivity contribution < 1.29 is 0 Å². The van der Waals surface area contributed by atoms with Crippen LogP contribution in [0.15, 0.2) is 0 Å². The molecule has 142 valence electrons. The molecule has 24 heavy (non-hydrogen) atoms. The Labute approximate surface area is 153 Å². The lowest BCUT2D eigenvalue weighted by atomic mass is 9.63. The Morgan fingerprint density at radius 1 is 0.667 bits per heavy atom. The number of piperidine rings is 1. The van der Waals surface area contributed by atoms with Crippen LogP contribution in [-0.2, 0) is 0 Å². The second-order valence-corrected chi connectivity index (χ2v) is 8.95. The summed E-state index contributed by atoms with van der Waals surface area (Å²) in [7, 11) is 0. The zero-order chi connectivity index (χ0) is 17.1. The van der Waals surface area contributed by atoms with Gasteiger partial charge in [-0.15, -0.1) is 0 Å². The van der Waals surface area contributed by atoms with E-state index in [2.05, 4.69) is 18.7 Å². The minimum absolute atomic E-state index is 0.809. The van der Waals surface area contributed by atoms with Gasteiger partial charge < -0.3 is 4.90 Å². The third-order valence-corrected chi connectivity index (χ3v) is 7.07. The number of hydrogen-bond donors (Lipinski definition) is 0. The molecule has 0 aromatic heterocycles. The highest BCUT2D eigenvalue weighted by Gasteiger charge is 2.40. The monoisotopic (exact) mass is 335 g/mol. The van der Waals surface area contributed by atoms with Crippen molar-refractivity contribution in [3.63, 3.8) is 0 Å². The largest absolute Gasteiger partial charge is 0.300 e. The van der Waals surface area contributed by atoms with Crippen LogP contribution in [0, 0.1) is 5.41 Å². The number of nitrogens with zero attached hydrogens (tertiary/aromatic N) is 1. The number of unbranched alkanes of at least 4 members (excludes halogenated alkanes) is 8. The van der Waals surface area contributed by atoms with Crippen molar-refractivity contribution in [1.82, 2.24) is 4.90 Å². The van der Waals surface area contributed by atoms with Crippen molar-refractivity contribution in [3.8, 4) is 0 Å². The van der Waals surface area contributed by atoms with Gasteiger partial charge in [0, 0.05) is 6.04 Å². The van der Waals surface area contributed by atoms with E-state index in [1.807, 2.05) is 0 Å². The molecule has 2 aliphatic rings. The van der Waals surface area contributed by atoms with Gasteiger partial charge in [0.2, 0.25) is 0 Å². The molecule has 0 aromatic rings. The van der Waals surface area contributed by atoms with Crippen LogP contribution in [0.1, 0.15) is 123 Å². The van der Waals surface area contributed by atoms with Gasteiger partial charge in [-0.05, 0) is 57.0 Å². The van der Waals surface area contributed by atoms with E-state index in [9.17, 15) is 0 Å². The van der Waals surface area contributed by atoms with Crippen LogP contribution < -0.4 is 0 Å². The molecule has 0 unspecified atom stereocenters. The molecule has 0 atom stereocenters. The van der Waals surface area contributed by atoms with Gasteiger partial charge >= 0.3 is 0 Å². The summed E-state index contributed by atoms with van der Waals surface area (Å²) in [5, 5.41) is 0. The summed E-state index contributed by atoms with van der Waals surface area (Å²) in [5.74, 6) is 0. The van der Waals surface area contributed by atoms with E-state index in [4.69, 9.17) is 0 Å². The molecule has 1 saturated carbocycles. The van der Waals surface area contributed by atoms with Crippen LogP contribution in [-0.4, -0.2) is 24.0 Å². The van der Waals surface area contributed by atoms with Crippen LogP contribution in [0.4, 0.5) is 0 Å². The third kappa shape index (κ3) is 6.70. The minimum atomic E-state index is 0.809. The van der Waals surface area contributed by atoms with Gasteiger partial charge in [0.15, 0.2) is 0 Å². The smallest absolute Gasteiger partial charge is 0.00952 e. The van der Waals surface area contributed by atoms with Crippen molar-refractivity contribution in [3.05, 3.63) is 0 Å². The van der Waals surface area contributed by atoms with Gasteiger partial charge in [-0.25, -0.2) is 0 Å². The Morgan fingerprint density at radius 2 is 1.17 bits per heavy atom. The maximum Gasteiger partial charge on any atom is 0.00952 e. The zero-order valence-electron chi connectivity index (χ0n) is 17.0. The highest BCUT2D eigenvalue weighted by molar-refractivity contribution is 4.93. The SMILES string of the molecule is CCCCCCCC(CCCCCCC)N1CCC2(CCC2)CC1. The predicted octanol–water partition coefficient (Wildman–Crippen LogP) is 7.34. The van der Waals surface area contributed by atoms with E-state index >= 15 is 0 Å². The normalized spacial score (nSPS) is 20.6. The topological polar surface area (TPSA) is 3.24 Å². The quantitative estimate of drug-likeness (QED) is 0.318. The molecule has 1 aliphatic carbocycles. The minimum Gasteiger partial charge on any atom is -0.300 e. The fourth-order valence-electron chi connectivity index (χ4n) is 5.02.